The molecule has 2 aliphatic heterocycles. The van der Waals surface area contributed by atoms with Crippen molar-refractivity contribution in [3.05, 3.63) is 95.3 Å². The molecule has 3 heterocycles. The lowest BCUT2D eigenvalue weighted by atomic mass is 10.0. The van der Waals surface area contributed by atoms with Crippen molar-refractivity contribution in [3.8, 4) is 23.0 Å². The van der Waals surface area contributed by atoms with E-state index in [1.807, 2.05) is 30.3 Å². The molecule has 6 rings (SSSR count). The van der Waals surface area contributed by atoms with E-state index in [-0.39, 0.29) is 44.2 Å². The molecule has 0 fully saturated rings. The number of aromatic amines is 1. The van der Waals surface area contributed by atoms with Crippen molar-refractivity contribution in [1.82, 2.24) is 41.6 Å². The number of fused-ring (bicyclic) bond motifs is 18. The Morgan fingerprint density at radius 2 is 1.70 bits per heavy atom. The van der Waals surface area contributed by atoms with Crippen LogP contribution in [0.2, 0.25) is 0 Å². The van der Waals surface area contributed by atoms with Gasteiger partial charge in [0.05, 0.1) is 27.0 Å². The number of hydrogen-bond acceptors (Lipinski definition) is 10. The zero-order valence-corrected chi connectivity index (χ0v) is 30.3. The van der Waals surface area contributed by atoms with Gasteiger partial charge in [0.25, 0.3) is 11.8 Å². The number of amides is 5. The second-order valence-electron chi connectivity index (χ2n) is 12.6. The maximum atomic E-state index is 13.6. The molecule has 4 bridgehead atoms. The molecule has 3 aromatic carbocycles. The predicted molar refractivity (Wildman–Crippen MR) is 196 cm³/mol. The summed E-state index contributed by atoms with van der Waals surface area (Å²) in [6, 6.07) is 17.4. The lowest BCUT2D eigenvalue weighted by Crippen LogP contribution is -2.54. The fourth-order valence-corrected chi connectivity index (χ4v) is 5.76. The molecular formula is C38H44N8O8. The average molecular weight is 741 g/mol. The van der Waals surface area contributed by atoms with E-state index in [1.54, 1.807) is 43.3 Å². The zero-order valence-electron chi connectivity index (χ0n) is 30.3. The molecule has 1 aromatic heterocycles. The van der Waals surface area contributed by atoms with Crippen molar-refractivity contribution in [2.45, 2.75) is 51.2 Å². The van der Waals surface area contributed by atoms with E-state index in [2.05, 4.69) is 36.7 Å². The Labute approximate surface area is 312 Å². The molecule has 0 spiro atoms. The van der Waals surface area contributed by atoms with Gasteiger partial charge in [-0.15, -0.1) is 0 Å². The molecule has 2 aliphatic rings. The highest BCUT2D eigenvalue weighted by Crippen LogP contribution is 2.35. The quantitative estimate of drug-likeness (QED) is 0.183. The Bertz CT molecular complexity index is 1920. The first-order chi connectivity index (χ1) is 26.1. The maximum absolute atomic E-state index is 13.6. The monoisotopic (exact) mass is 740 g/mol. The first-order valence-corrected chi connectivity index (χ1v) is 17.5. The SMILES string of the molecule is COc1cc2ccc1CNC(=O)[C@H](C)NC(=O)[C@H](CCc1ccccc1)NC(=O)CN(C(=O)c1cn[nH]n1)CCCCNC(=O)c1ccc(OC)c(c1)O2. The lowest BCUT2D eigenvalue weighted by Gasteiger charge is -2.25. The average Bonchev–Trinajstić information content (AvgIpc) is 3.73. The van der Waals surface area contributed by atoms with Gasteiger partial charge in [0.2, 0.25) is 17.7 Å². The summed E-state index contributed by atoms with van der Waals surface area (Å²) >= 11 is 0. The van der Waals surface area contributed by atoms with E-state index in [0.717, 1.165) is 5.56 Å². The molecule has 0 aliphatic carbocycles. The Hall–Kier alpha value is -6.45. The third-order valence-corrected chi connectivity index (χ3v) is 8.73. The molecule has 2 atom stereocenters. The van der Waals surface area contributed by atoms with Crippen LogP contribution in [0.5, 0.6) is 23.0 Å². The fourth-order valence-electron chi connectivity index (χ4n) is 5.76. The van der Waals surface area contributed by atoms with E-state index in [1.165, 1.54) is 25.3 Å². The second kappa shape index (κ2) is 18.9. The summed E-state index contributed by atoms with van der Waals surface area (Å²) < 4.78 is 17.2. The third kappa shape index (κ3) is 10.6. The molecule has 0 unspecified atom stereocenters. The Kier molecular flexibility index (Phi) is 13.5. The number of aryl methyl sites for hydroxylation is 1. The summed E-state index contributed by atoms with van der Waals surface area (Å²) in [6.07, 6.45) is 2.85. The molecule has 0 saturated carbocycles. The minimum absolute atomic E-state index is 0.0172. The van der Waals surface area contributed by atoms with E-state index in [4.69, 9.17) is 14.2 Å². The van der Waals surface area contributed by atoms with Crippen LogP contribution >= 0.6 is 0 Å². The van der Waals surface area contributed by atoms with Gasteiger partial charge in [-0.2, -0.15) is 15.4 Å². The number of carbonyl (C=O) groups excluding carboxylic acids is 5. The topological polar surface area (TPSA) is 206 Å². The van der Waals surface area contributed by atoms with Crippen LogP contribution in [-0.4, -0.2) is 95.8 Å². The minimum Gasteiger partial charge on any atom is -0.496 e. The standard InChI is InChI=1S/C38H44N8O8/c1-24-35(48)40-21-27-12-14-28(20-32(27)53-3)54-33-19-26(13-16-31(33)52-2)36(49)39-17-7-8-18-46(38(51)30-22-41-45-44-30)23-34(47)43-29(37(50)42-24)15-11-25-9-5-4-6-10-25/h4-6,9-10,12-14,16,19-20,22,24,29H,7-8,11,15,17-18,21,23H2,1-3H3,(H,39,49)(H,40,48)(H,42,50)(H,43,47)(H,41,44,45)/t24-,29-/m0/s1. The molecule has 16 nitrogen and oxygen atoms in total. The predicted octanol–water partition coefficient (Wildman–Crippen LogP) is 2.52. The number of nitrogens with zero attached hydrogens (tertiary/aromatic N) is 3. The van der Waals surface area contributed by atoms with Gasteiger partial charge in [-0.25, -0.2) is 0 Å². The second-order valence-corrected chi connectivity index (χ2v) is 12.6. The lowest BCUT2D eigenvalue weighted by molar-refractivity contribution is -0.132. The number of benzene rings is 3. The Balaban J connectivity index is 1.39. The molecule has 0 radical (unpaired) electrons. The van der Waals surface area contributed by atoms with Crippen molar-refractivity contribution >= 4 is 29.5 Å². The van der Waals surface area contributed by atoms with Gasteiger partial charge in [-0.1, -0.05) is 30.3 Å². The normalized spacial score (nSPS) is 17.8. The minimum atomic E-state index is -1.02. The van der Waals surface area contributed by atoms with Crippen LogP contribution < -0.4 is 35.5 Å². The van der Waals surface area contributed by atoms with Crippen molar-refractivity contribution < 1.29 is 38.2 Å². The summed E-state index contributed by atoms with van der Waals surface area (Å²) in [4.78, 5) is 68.1. The van der Waals surface area contributed by atoms with Gasteiger partial charge in [-0.3, -0.25) is 24.0 Å². The maximum Gasteiger partial charge on any atom is 0.276 e. The van der Waals surface area contributed by atoms with Crippen LogP contribution in [0, 0.1) is 0 Å². The Morgan fingerprint density at radius 3 is 2.44 bits per heavy atom. The first-order valence-electron chi connectivity index (χ1n) is 17.5. The highest BCUT2D eigenvalue weighted by atomic mass is 16.5. The summed E-state index contributed by atoms with van der Waals surface area (Å²) in [7, 11) is 2.98. The van der Waals surface area contributed by atoms with Crippen LogP contribution in [0.1, 0.15) is 58.2 Å². The zero-order chi connectivity index (χ0) is 38.5. The van der Waals surface area contributed by atoms with Crippen molar-refractivity contribution in [2.75, 3.05) is 33.9 Å². The number of hydrogen-bond donors (Lipinski definition) is 5. The first kappa shape index (κ1) is 38.8. The number of nitrogens with one attached hydrogen (secondary N) is 5. The van der Waals surface area contributed by atoms with Gasteiger partial charge in [-0.05, 0) is 68.5 Å². The summed E-state index contributed by atoms with van der Waals surface area (Å²) in [6.45, 7) is 1.67. The molecule has 5 N–H and O–H groups in total. The number of carbonyl (C=O) groups is 5. The van der Waals surface area contributed by atoms with Gasteiger partial charge in [0, 0.05) is 36.8 Å². The van der Waals surface area contributed by atoms with E-state index < -0.39 is 35.7 Å². The van der Waals surface area contributed by atoms with Crippen molar-refractivity contribution in [3.63, 3.8) is 0 Å². The molecule has 5 amide bonds. The summed E-state index contributed by atoms with van der Waals surface area (Å²) in [5.74, 6) is -0.954. The number of methoxy groups -OCH3 is 2. The van der Waals surface area contributed by atoms with Gasteiger partial charge in [0.1, 0.15) is 23.6 Å². The molecule has 16 heteroatoms. The van der Waals surface area contributed by atoms with Gasteiger partial charge in [0.15, 0.2) is 17.2 Å². The fraction of sp³-hybridized carbons (Fsp3) is 0.342. The number of H-pyrrole nitrogens is 1. The van der Waals surface area contributed by atoms with Crippen LogP contribution in [0.15, 0.2) is 72.9 Å². The third-order valence-electron chi connectivity index (χ3n) is 8.73. The molecule has 0 saturated heterocycles. The van der Waals surface area contributed by atoms with Crippen LogP contribution in [-0.2, 0) is 27.3 Å². The summed E-state index contributed by atoms with van der Waals surface area (Å²) in [5, 5.41) is 21.2. The van der Waals surface area contributed by atoms with E-state index >= 15 is 0 Å². The largest absolute Gasteiger partial charge is 0.496 e. The number of ether oxygens (including phenoxy) is 3. The smallest absolute Gasteiger partial charge is 0.276 e. The molecule has 284 valence electrons. The van der Waals surface area contributed by atoms with Crippen LogP contribution in [0.25, 0.3) is 0 Å². The summed E-state index contributed by atoms with van der Waals surface area (Å²) in [5.41, 5.74) is 1.95. The van der Waals surface area contributed by atoms with Gasteiger partial charge < -0.3 is 40.4 Å². The van der Waals surface area contributed by atoms with Crippen LogP contribution in [0.3, 0.4) is 0 Å². The Morgan fingerprint density at radius 1 is 0.907 bits per heavy atom. The number of rotatable bonds is 6. The van der Waals surface area contributed by atoms with Crippen molar-refractivity contribution in [1.29, 1.82) is 0 Å². The molecular weight excluding hydrogens is 696 g/mol. The van der Waals surface area contributed by atoms with Crippen LogP contribution in [0.4, 0.5) is 0 Å². The molecule has 4 aromatic rings. The highest BCUT2D eigenvalue weighted by molar-refractivity contribution is 5.96. The van der Waals surface area contributed by atoms with E-state index in [0.29, 0.717) is 53.4 Å². The number of aromatic nitrogens is 3. The highest BCUT2D eigenvalue weighted by Gasteiger charge is 2.27. The molecule has 54 heavy (non-hydrogen) atoms. The van der Waals surface area contributed by atoms with Gasteiger partial charge >= 0.3 is 0 Å². The van der Waals surface area contributed by atoms with E-state index in [9.17, 15) is 24.0 Å². The van der Waals surface area contributed by atoms with Crippen molar-refractivity contribution in [2.24, 2.45) is 0 Å².